The lowest BCUT2D eigenvalue weighted by atomic mass is 9.85. The highest BCUT2D eigenvalue weighted by atomic mass is 16.2. The number of piperidine rings is 1. The van der Waals surface area contributed by atoms with Gasteiger partial charge in [-0.15, -0.1) is 0 Å². The molecule has 0 N–H and O–H groups in total. The highest BCUT2D eigenvalue weighted by Crippen LogP contribution is 2.27. The van der Waals surface area contributed by atoms with E-state index in [0.29, 0.717) is 24.5 Å². The molecule has 1 rings (SSSR count). The van der Waals surface area contributed by atoms with E-state index in [2.05, 4.69) is 25.7 Å². The van der Waals surface area contributed by atoms with Crippen LogP contribution in [0.2, 0.25) is 0 Å². The molecular formula is C41H79NO2. The minimum atomic E-state index is -0.0605. The van der Waals surface area contributed by atoms with E-state index in [1.807, 2.05) is 0 Å². The fourth-order valence-electron chi connectivity index (χ4n) is 7.33. The Morgan fingerprint density at radius 3 is 1.27 bits per heavy atom. The molecule has 0 spiro atoms. The maximum absolute atomic E-state index is 13.1. The van der Waals surface area contributed by atoms with E-state index in [0.717, 1.165) is 32.4 Å². The molecule has 260 valence electrons. The second-order valence-electron chi connectivity index (χ2n) is 14.9. The Labute approximate surface area is 276 Å². The lowest BCUT2D eigenvalue weighted by Crippen LogP contribution is -2.45. The molecule has 0 aliphatic carbocycles. The molecule has 1 fully saturated rings. The third-order valence-electron chi connectivity index (χ3n) is 10.2. The number of hydrogen-bond acceptors (Lipinski definition) is 2. The summed E-state index contributed by atoms with van der Waals surface area (Å²) in [6, 6.07) is 0. The minimum absolute atomic E-state index is 0.0605. The molecule has 0 bridgehead atoms. The number of hydrogen-bond donors (Lipinski definition) is 0. The van der Waals surface area contributed by atoms with Crippen molar-refractivity contribution in [2.45, 2.75) is 226 Å². The first-order valence-electron chi connectivity index (χ1n) is 20.4. The zero-order valence-corrected chi connectivity index (χ0v) is 30.5. The Morgan fingerprint density at radius 1 is 0.545 bits per heavy atom. The number of ketones is 1. The van der Waals surface area contributed by atoms with Gasteiger partial charge in [0.1, 0.15) is 5.78 Å². The molecule has 0 aromatic rings. The fourth-order valence-corrected chi connectivity index (χ4v) is 7.33. The van der Waals surface area contributed by atoms with Gasteiger partial charge in [-0.2, -0.15) is 0 Å². The average Bonchev–Trinajstić information content (AvgIpc) is 3.01. The highest BCUT2D eigenvalue weighted by molar-refractivity contribution is 5.87. The van der Waals surface area contributed by atoms with E-state index in [4.69, 9.17) is 0 Å². The van der Waals surface area contributed by atoms with Crippen molar-refractivity contribution in [3.05, 3.63) is 0 Å². The maximum atomic E-state index is 13.1. The lowest BCUT2D eigenvalue weighted by molar-refractivity contribution is -0.142. The van der Waals surface area contributed by atoms with Gasteiger partial charge in [-0.25, -0.2) is 0 Å². The van der Waals surface area contributed by atoms with E-state index in [1.165, 1.54) is 173 Å². The summed E-state index contributed by atoms with van der Waals surface area (Å²) in [6.07, 6.45) is 41.4. The van der Waals surface area contributed by atoms with Gasteiger partial charge in [0, 0.05) is 31.8 Å². The van der Waals surface area contributed by atoms with Gasteiger partial charge < -0.3 is 4.90 Å². The van der Waals surface area contributed by atoms with Crippen LogP contribution < -0.4 is 0 Å². The fraction of sp³-hybridized carbons (Fsp3) is 0.951. The Morgan fingerprint density at radius 2 is 0.886 bits per heavy atom. The third-order valence-corrected chi connectivity index (χ3v) is 10.2. The number of nitrogens with zero attached hydrogens (tertiary/aromatic N) is 1. The number of carbonyl (C=O) groups is 2. The number of Topliss-reactive ketones (excluding diaryl/α,β-unsaturated/α-hetero) is 1. The summed E-state index contributed by atoms with van der Waals surface area (Å²) in [5, 5.41) is 0. The third kappa shape index (κ3) is 24.4. The molecule has 1 aliphatic heterocycles. The number of carbonyl (C=O) groups excluding carboxylic acids is 2. The van der Waals surface area contributed by atoms with Gasteiger partial charge in [-0.3, -0.25) is 9.59 Å². The van der Waals surface area contributed by atoms with E-state index < -0.39 is 0 Å². The van der Waals surface area contributed by atoms with Crippen molar-refractivity contribution >= 4 is 11.7 Å². The summed E-state index contributed by atoms with van der Waals surface area (Å²) < 4.78 is 0. The molecule has 3 heteroatoms. The van der Waals surface area contributed by atoms with Crippen molar-refractivity contribution in [2.24, 2.45) is 11.8 Å². The van der Waals surface area contributed by atoms with Crippen LogP contribution in [0.4, 0.5) is 0 Å². The molecule has 3 nitrogen and oxygen atoms in total. The summed E-state index contributed by atoms with van der Waals surface area (Å²) in [5.41, 5.74) is 0. The van der Waals surface area contributed by atoms with Gasteiger partial charge in [0.05, 0.1) is 0 Å². The molecule has 1 aliphatic rings. The monoisotopic (exact) mass is 618 g/mol. The number of unbranched alkanes of at least 4 members (excludes halogenated alkanes) is 27. The first-order valence-corrected chi connectivity index (χ1v) is 20.4. The Bertz CT molecular complexity index is 647. The topological polar surface area (TPSA) is 37.4 Å². The highest BCUT2D eigenvalue weighted by Gasteiger charge is 2.33. The minimum Gasteiger partial charge on any atom is -0.342 e. The molecular weight excluding hydrogens is 538 g/mol. The molecule has 1 saturated heterocycles. The van der Waals surface area contributed by atoms with Gasteiger partial charge >= 0.3 is 0 Å². The summed E-state index contributed by atoms with van der Waals surface area (Å²) in [6.45, 7) is 8.61. The largest absolute Gasteiger partial charge is 0.342 e. The van der Waals surface area contributed by atoms with Crippen molar-refractivity contribution in [1.29, 1.82) is 0 Å². The second-order valence-corrected chi connectivity index (χ2v) is 14.9. The van der Waals surface area contributed by atoms with Crippen molar-refractivity contribution in [1.82, 2.24) is 4.90 Å². The van der Waals surface area contributed by atoms with Crippen molar-refractivity contribution in [3.8, 4) is 0 Å². The maximum Gasteiger partial charge on any atom is 0.226 e. The normalized spacial score (nSPS) is 17.1. The van der Waals surface area contributed by atoms with Crippen LogP contribution in [0.5, 0.6) is 0 Å². The van der Waals surface area contributed by atoms with Crippen molar-refractivity contribution in [3.63, 3.8) is 0 Å². The summed E-state index contributed by atoms with van der Waals surface area (Å²) in [7, 11) is 0. The van der Waals surface area contributed by atoms with Gasteiger partial charge in [0.2, 0.25) is 5.91 Å². The molecule has 44 heavy (non-hydrogen) atoms. The average molecular weight is 618 g/mol. The second kappa shape index (κ2) is 30.8. The first-order chi connectivity index (χ1) is 21.6. The van der Waals surface area contributed by atoms with Gasteiger partial charge in [0.25, 0.3) is 0 Å². The molecule has 1 heterocycles. The predicted molar refractivity (Wildman–Crippen MR) is 193 cm³/mol. The smallest absolute Gasteiger partial charge is 0.226 e. The van der Waals surface area contributed by atoms with Crippen molar-refractivity contribution < 1.29 is 9.59 Å². The molecule has 0 saturated carbocycles. The Hall–Kier alpha value is -0.860. The number of rotatable bonds is 33. The zero-order chi connectivity index (χ0) is 31.9. The Kier molecular flexibility index (Phi) is 28.8. The van der Waals surface area contributed by atoms with Crippen LogP contribution in [0.1, 0.15) is 226 Å². The van der Waals surface area contributed by atoms with Crippen LogP contribution in [0.25, 0.3) is 0 Å². The SMILES string of the molecule is CCCCCCCCCCCCCCCCCCCCCC(=O)C[C@H]1CC(C)CN(CCCCCCCCCCCC)C1=O. The quantitative estimate of drug-likeness (QED) is 0.0687. The number of amides is 1. The standard InChI is InChI=1S/C41H79NO2/c1-4-6-8-10-12-14-16-17-18-19-20-21-22-23-24-25-27-29-31-33-40(43)36-39-35-38(3)37-42(41(39)44)34-32-30-28-26-15-13-11-9-7-5-2/h38-39H,4-37H2,1-3H3/t38?,39-/m1/s1. The Balaban J connectivity index is 1.95. The molecule has 2 atom stereocenters. The molecule has 1 unspecified atom stereocenters. The van der Waals surface area contributed by atoms with Crippen LogP contribution in [-0.2, 0) is 9.59 Å². The van der Waals surface area contributed by atoms with E-state index in [9.17, 15) is 9.59 Å². The van der Waals surface area contributed by atoms with Gasteiger partial charge in [-0.05, 0) is 25.2 Å². The van der Waals surface area contributed by atoms with Crippen LogP contribution in [-0.4, -0.2) is 29.7 Å². The van der Waals surface area contributed by atoms with Gasteiger partial charge in [-0.1, -0.05) is 194 Å². The van der Waals surface area contributed by atoms with Crippen LogP contribution in [0.15, 0.2) is 0 Å². The summed E-state index contributed by atoms with van der Waals surface area (Å²) >= 11 is 0. The molecule has 0 radical (unpaired) electrons. The van der Waals surface area contributed by atoms with Crippen molar-refractivity contribution in [2.75, 3.05) is 13.1 Å². The predicted octanol–water partition coefficient (Wildman–Crippen LogP) is 13.2. The first kappa shape index (κ1) is 41.2. The van der Waals surface area contributed by atoms with E-state index >= 15 is 0 Å². The van der Waals surface area contributed by atoms with Crippen LogP contribution >= 0.6 is 0 Å². The van der Waals surface area contributed by atoms with E-state index in [-0.39, 0.29) is 11.8 Å². The van der Waals surface area contributed by atoms with Crippen LogP contribution in [0, 0.1) is 11.8 Å². The summed E-state index contributed by atoms with van der Waals surface area (Å²) in [4.78, 5) is 27.9. The molecule has 0 aromatic heterocycles. The number of likely N-dealkylation sites (tertiary alicyclic amines) is 1. The van der Waals surface area contributed by atoms with E-state index in [1.54, 1.807) is 0 Å². The lowest BCUT2D eigenvalue weighted by Gasteiger charge is -2.36. The summed E-state index contributed by atoms with van der Waals surface area (Å²) in [5.74, 6) is 1.04. The van der Waals surface area contributed by atoms with Gasteiger partial charge in [0.15, 0.2) is 0 Å². The van der Waals surface area contributed by atoms with Crippen LogP contribution in [0.3, 0.4) is 0 Å². The molecule has 0 aromatic carbocycles. The zero-order valence-electron chi connectivity index (χ0n) is 30.5. The molecule has 1 amide bonds.